The second kappa shape index (κ2) is 3.90. The molecule has 3 nitrogen and oxygen atoms in total. The predicted octanol–water partition coefficient (Wildman–Crippen LogP) is 1.16. The summed E-state index contributed by atoms with van der Waals surface area (Å²) in [4.78, 5) is 10.4. The van der Waals surface area contributed by atoms with E-state index in [1.165, 1.54) is 6.08 Å². The molecule has 64 valence electrons. The van der Waals surface area contributed by atoms with E-state index in [1.807, 2.05) is 0 Å². The van der Waals surface area contributed by atoms with Crippen LogP contribution in [0.25, 0.3) is 0 Å². The monoisotopic (exact) mass is 166 g/mol. The van der Waals surface area contributed by atoms with Gasteiger partial charge in [0.1, 0.15) is 17.8 Å². The first-order valence-electron chi connectivity index (χ1n) is 3.73. The highest BCUT2D eigenvalue weighted by molar-refractivity contribution is 5.62. The Balaban J connectivity index is 2.86. The molecule has 0 fully saturated rings. The molecule has 0 bridgehead atoms. The zero-order valence-electron chi connectivity index (χ0n) is 6.78. The number of aliphatic hydroxyl groups excluding tert-OH is 1. The van der Waals surface area contributed by atoms with Gasteiger partial charge in [-0.1, -0.05) is 6.08 Å². The quantitative estimate of drug-likeness (QED) is 0.626. The van der Waals surface area contributed by atoms with E-state index in [1.54, 1.807) is 25.0 Å². The van der Waals surface area contributed by atoms with Crippen molar-refractivity contribution in [3.05, 3.63) is 29.6 Å². The fourth-order valence-corrected chi connectivity index (χ4v) is 1.01. The number of allylic oxidation sites excluding steroid dienone is 2. The van der Waals surface area contributed by atoms with Crippen molar-refractivity contribution in [1.82, 2.24) is 0 Å². The molecule has 0 aromatic carbocycles. The maximum atomic E-state index is 10.4. The Labute approximate surface area is 70.7 Å². The van der Waals surface area contributed by atoms with Gasteiger partial charge in [0.05, 0.1) is 5.57 Å². The van der Waals surface area contributed by atoms with Crippen LogP contribution in [-0.2, 0) is 9.53 Å². The van der Waals surface area contributed by atoms with Gasteiger partial charge in [-0.05, 0) is 19.1 Å². The zero-order valence-corrected chi connectivity index (χ0v) is 6.78. The summed E-state index contributed by atoms with van der Waals surface area (Å²) in [5.41, 5.74) is 0.330. The zero-order chi connectivity index (χ0) is 8.97. The van der Waals surface area contributed by atoms with E-state index in [9.17, 15) is 9.90 Å². The summed E-state index contributed by atoms with van der Waals surface area (Å²) >= 11 is 0. The third-order valence-electron chi connectivity index (χ3n) is 1.55. The number of aliphatic hydroxyl groups is 1. The largest absolute Gasteiger partial charge is 0.509 e. The van der Waals surface area contributed by atoms with Crippen molar-refractivity contribution < 1.29 is 14.6 Å². The maximum absolute atomic E-state index is 10.4. The van der Waals surface area contributed by atoms with Gasteiger partial charge >= 0.3 is 0 Å². The molecule has 0 amide bonds. The molecule has 1 N–H and O–H groups in total. The standard InChI is InChI=1S/C9H10O3/c1-2-12-9-7(6-10)4-3-5-8(9)11/h3-5,9,11H,2H2,1H3. The summed E-state index contributed by atoms with van der Waals surface area (Å²) in [6.07, 6.45) is 4.04. The van der Waals surface area contributed by atoms with E-state index < -0.39 is 6.10 Å². The number of rotatable bonds is 2. The molecule has 1 aliphatic rings. The number of carbonyl (C=O) groups excluding carboxylic acids is 1. The van der Waals surface area contributed by atoms with E-state index >= 15 is 0 Å². The molecule has 3 heteroatoms. The second-order valence-electron chi connectivity index (χ2n) is 2.34. The van der Waals surface area contributed by atoms with Gasteiger partial charge in [-0.3, -0.25) is 0 Å². The molecule has 0 aromatic rings. The molecule has 0 saturated heterocycles. The fraction of sp³-hybridized carbons (Fsp3) is 0.333. The van der Waals surface area contributed by atoms with Crippen molar-refractivity contribution in [3.63, 3.8) is 0 Å². The van der Waals surface area contributed by atoms with Gasteiger partial charge in [-0.25, -0.2) is 4.79 Å². The molecule has 0 saturated carbocycles. The van der Waals surface area contributed by atoms with Crippen LogP contribution in [-0.4, -0.2) is 23.8 Å². The highest BCUT2D eigenvalue weighted by atomic mass is 16.5. The maximum Gasteiger partial charge on any atom is 0.149 e. The Hall–Kier alpha value is -1.31. The smallest absolute Gasteiger partial charge is 0.149 e. The molecule has 0 radical (unpaired) electrons. The minimum absolute atomic E-state index is 0.0534. The number of hydrogen-bond acceptors (Lipinski definition) is 3. The van der Waals surface area contributed by atoms with Gasteiger partial charge in [-0.15, -0.1) is 0 Å². The van der Waals surface area contributed by atoms with Gasteiger partial charge in [-0.2, -0.15) is 0 Å². The summed E-state index contributed by atoms with van der Waals surface area (Å²) < 4.78 is 5.13. The lowest BCUT2D eigenvalue weighted by Crippen LogP contribution is -2.20. The van der Waals surface area contributed by atoms with Crippen molar-refractivity contribution in [2.45, 2.75) is 13.0 Å². The van der Waals surface area contributed by atoms with Crippen molar-refractivity contribution in [3.8, 4) is 0 Å². The normalized spacial score (nSPS) is 21.9. The molecular formula is C9H10O3. The van der Waals surface area contributed by atoms with E-state index in [2.05, 4.69) is 0 Å². The van der Waals surface area contributed by atoms with E-state index in [-0.39, 0.29) is 5.76 Å². The summed E-state index contributed by atoms with van der Waals surface area (Å²) in [7, 11) is 0. The van der Waals surface area contributed by atoms with Gasteiger partial charge in [0, 0.05) is 6.61 Å². The fourth-order valence-electron chi connectivity index (χ4n) is 1.01. The molecule has 12 heavy (non-hydrogen) atoms. The van der Waals surface area contributed by atoms with Crippen molar-refractivity contribution in [1.29, 1.82) is 0 Å². The summed E-state index contributed by atoms with van der Waals surface area (Å²) in [6, 6.07) is 0. The van der Waals surface area contributed by atoms with Gasteiger partial charge in [0.25, 0.3) is 0 Å². The molecular weight excluding hydrogens is 156 g/mol. The Morgan fingerprint density at radius 2 is 2.50 bits per heavy atom. The van der Waals surface area contributed by atoms with Crippen LogP contribution >= 0.6 is 0 Å². The molecule has 0 aromatic heterocycles. The molecule has 1 unspecified atom stereocenters. The van der Waals surface area contributed by atoms with E-state index in [4.69, 9.17) is 4.74 Å². The molecule has 1 rings (SSSR count). The summed E-state index contributed by atoms with van der Waals surface area (Å²) in [5, 5.41) is 9.29. The highest BCUT2D eigenvalue weighted by Gasteiger charge is 2.20. The van der Waals surface area contributed by atoms with E-state index in [0.29, 0.717) is 12.2 Å². The summed E-state index contributed by atoms with van der Waals surface area (Å²) in [5.74, 6) is 1.78. The van der Waals surface area contributed by atoms with Crippen LogP contribution in [0.2, 0.25) is 0 Å². The molecule has 1 aliphatic carbocycles. The Kier molecular flexibility index (Phi) is 2.86. The second-order valence-corrected chi connectivity index (χ2v) is 2.34. The van der Waals surface area contributed by atoms with Gasteiger partial charge < -0.3 is 9.84 Å². The summed E-state index contributed by atoms with van der Waals surface area (Å²) in [6.45, 7) is 2.25. The first-order chi connectivity index (χ1) is 5.79. The van der Waals surface area contributed by atoms with Crippen LogP contribution in [0.1, 0.15) is 6.92 Å². The van der Waals surface area contributed by atoms with E-state index in [0.717, 1.165) is 0 Å². The van der Waals surface area contributed by atoms with Crippen LogP contribution in [0.15, 0.2) is 29.6 Å². The van der Waals surface area contributed by atoms with Crippen LogP contribution in [0, 0.1) is 0 Å². The Bertz CT molecular complexity index is 269. The predicted molar refractivity (Wildman–Crippen MR) is 44.5 cm³/mol. The SMILES string of the molecule is CCOC1C(=C=O)C=CC=C1O. The molecule has 0 aliphatic heterocycles. The topological polar surface area (TPSA) is 46.5 Å². The van der Waals surface area contributed by atoms with Crippen molar-refractivity contribution in [2.75, 3.05) is 6.61 Å². The number of hydrogen-bond donors (Lipinski definition) is 1. The lowest BCUT2D eigenvalue weighted by Gasteiger charge is -2.17. The average molecular weight is 166 g/mol. The lowest BCUT2D eigenvalue weighted by atomic mass is 10.0. The van der Waals surface area contributed by atoms with Crippen molar-refractivity contribution >= 4 is 5.94 Å². The highest BCUT2D eigenvalue weighted by Crippen LogP contribution is 2.17. The first-order valence-corrected chi connectivity index (χ1v) is 3.73. The van der Waals surface area contributed by atoms with Crippen LogP contribution in [0.3, 0.4) is 0 Å². The molecule has 0 spiro atoms. The third kappa shape index (κ3) is 1.64. The third-order valence-corrected chi connectivity index (χ3v) is 1.55. The van der Waals surface area contributed by atoms with Gasteiger partial charge in [0.2, 0.25) is 0 Å². The van der Waals surface area contributed by atoms with Gasteiger partial charge in [0.15, 0.2) is 0 Å². The average Bonchev–Trinajstić information content (AvgIpc) is 2.09. The molecule has 1 atom stereocenters. The van der Waals surface area contributed by atoms with Crippen LogP contribution in [0.5, 0.6) is 0 Å². The Morgan fingerprint density at radius 3 is 3.08 bits per heavy atom. The molecule has 0 heterocycles. The minimum Gasteiger partial charge on any atom is -0.509 e. The van der Waals surface area contributed by atoms with Crippen molar-refractivity contribution in [2.24, 2.45) is 0 Å². The van der Waals surface area contributed by atoms with Crippen LogP contribution < -0.4 is 0 Å². The van der Waals surface area contributed by atoms with Crippen LogP contribution in [0.4, 0.5) is 0 Å². The first kappa shape index (κ1) is 8.78. The number of ether oxygens (including phenoxy) is 1. The minimum atomic E-state index is -0.627. The Morgan fingerprint density at radius 1 is 1.75 bits per heavy atom. The lowest BCUT2D eigenvalue weighted by molar-refractivity contribution is 0.0836.